The maximum absolute atomic E-state index is 13.0. The number of nitrogens with one attached hydrogen (secondary N) is 1. The molecule has 0 amide bonds. The average Bonchev–Trinajstić information content (AvgIpc) is 2.40. The van der Waals surface area contributed by atoms with Crippen LogP contribution < -0.4 is 10.1 Å². The minimum Gasteiger partial charge on any atom is -0.490 e. The Morgan fingerprint density at radius 2 is 1.89 bits per heavy atom. The highest BCUT2D eigenvalue weighted by Gasteiger charge is 2.02. The van der Waals surface area contributed by atoms with Crippen LogP contribution in [0.4, 0.5) is 10.1 Å². The molecule has 2 aromatic carbocycles. The first-order chi connectivity index (χ1) is 9.15. The Morgan fingerprint density at radius 3 is 2.63 bits per heavy atom. The summed E-state index contributed by atoms with van der Waals surface area (Å²) >= 11 is 9.10. The second-order valence-corrected chi connectivity index (χ2v) is 5.15. The largest absolute Gasteiger partial charge is 0.490 e. The van der Waals surface area contributed by atoms with Crippen LogP contribution >= 0.6 is 27.5 Å². The summed E-state index contributed by atoms with van der Waals surface area (Å²) in [6.45, 7) is 1.05. The van der Waals surface area contributed by atoms with E-state index in [2.05, 4.69) is 21.2 Å². The first-order valence-corrected chi connectivity index (χ1v) is 6.89. The van der Waals surface area contributed by atoms with Gasteiger partial charge in [-0.05, 0) is 52.3 Å². The first-order valence-electron chi connectivity index (χ1n) is 5.72. The molecule has 0 aliphatic rings. The Bertz CT molecular complexity index is 548. The fourth-order valence-electron chi connectivity index (χ4n) is 1.51. The monoisotopic (exact) mass is 343 g/mol. The van der Waals surface area contributed by atoms with Gasteiger partial charge in [0.15, 0.2) is 0 Å². The van der Waals surface area contributed by atoms with Gasteiger partial charge in [0.1, 0.15) is 18.2 Å². The molecule has 0 bridgehead atoms. The van der Waals surface area contributed by atoms with E-state index in [0.717, 1.165) is 10.2 Å². The molecule has 1 N–H and O–H groups in total. The highest BCUT2D eigenvalue weighted by atomic mass is 79.9. The average molecular weight is 345 g/mol. The van der Waals surface area contributed by atoms with Crippen LogP contribution in [-0.4, -0.2) is 13.2 Å². The Labute approximate surface area is 124 Å². The summed E-state index contributed by atoms with van der Waals surface area (Å²) in [4.78, 5) is 0. The van der Waals surface area contributed by atoms with Crippen LogP contribution in [0.2, 0.25) is 5.02 Å². The van der Waals surface area contributed by atoms with Crippen molar-refractivity contribution in [1.29, 1.82) is 0 Å². The zero-order valence-corrected chi connectivity index (χ0v) is 12.3. The fraction of sp³-hybridized carbons (Fsp3) is 0.143. The fourth-order valence-corrected chi connectivity index (χ4v) is 2.00. The molecule has 0 saturated heterocycles. The van der Waals surface area contributed by atoms with E-state index in [0.29, 0.717) is 23.9 Å². The summed E-state index contributed by atoms with van der Waals surface area (Å²) in [5.41, 5.74) is 0.964. The molecule has 100 valence electrons. The van der Waals surface area contributed by atoms with Gasteiger partial charge in [-0.15, -0.1) is 0 Å². The van der Waals surface area contributed by atoms with Crippen molar-refractivity contribution in [3.8, 4) is 5.75 Å². The van der Waals surface area contributed by atoms with E-state index >= 15 is 0 Å². The van der Waals surface area contributed by atoms with Crippen molar-refractivity contribution in [2.75, 3.05) is 18.5 Å². The second kappa shape index (κ2) is 6.78. The van der Waals surface area contributed by atoms with Gasteiger partial charge < -0.3 is 10.1 Å². The molecule has 0 aliphatic carbocycles. The summed E-state index contributed by atoms with van der Waals surface area (Å²) in [5.74, 6) is 0.182. The maximum Gasteiger partial charge on any atom is 0.136 e. The Kier molecular flexibility index (Phi) is 5.05. The number of hydrogen-bond donors (Lipinski definition) is 1. The van der Waals surface area contributed by atoms with Gasteiger partial charge in [-0.1, -0.05) is 11.6 Å². The quantitative estimate of drug-likeness (QED) is 0.792. The lowest BCUT2D eigenvalue weighted by molar-refractivity contribution is 0.329. The van der Waals surface area contributed by atoms with Gasteiger partial charge in [0.05, 0.1) is 4.47 Å². The molecule has 0 saturated carbocycles. The topological polar surface area (TPSA) is 21.3 Å². The van der Waals surface area contributed by atoms with Crippen LogP contribution in [0.15, 0.2) is 46.9 Å². The minimum absolute atomic E-state index is 0.316. The van der Waals surface area contributed by atoms with Crippen LogP contribution in [0, 0.1) is 5.82 Å². The Balaban J connectivity index is 1.80. The van der Waals surface area contributed by atoms with Gasteiger partial charge in [0.25, 0.3) is 0 Å². The number of anilines is 1. The van der Waals surface area contributed by atoms with Crippen molar-refractivity contribution < 1.29 is 9.13 Å². The molecule has 19 heavy (non-hydrogen) atoms. The van der Waals surface area contributed by atoms with Gasteiger partial charge in [-0.3, -0.25) is 0 Å². The van der Waals surface area contributed by atoms with Gasteiger partial charge in [-0.2, -0.15) is 0 Å². The van der Waals surface area contributed by atoms with E-state index < -0.39 is 0 Å². The highest BCUT2D eigenvalue weighted by molar-refractivity contribution is 9.10. The molecule has 0 spiro atoms. The normalized spacial score (nSPS) is 10.3. The Morgan fingerprint density at radius 1 is 1.16 bits per heavy atom. The van der Waals surface area contributed by atoms with Crippen LogP contribution in [0.1, 0.15) is 0 Å². The van der Waals surface area contributed by atoms with Gasteiger partial charge in [0, 0.05) is 23.3 Å². The smallest absolute Gasteiger partial charge is 0.136 e. The maximum atomic E-state index is 13.0. The van der Waals surface area contributed by atoms with Gasteiger partial charge in [-0.25, -0.2) is 4.39 Å². The number of rotatable bonds is 5. The zero-order valence-electron chi connectivity index (χ0n) is 10.00. The summed E-state index contributed by atoms with van der Waals surface area (Å²) in [5, 5.41) is 3.88. The van der Waals surface area contributed by atoms with E-state index in [1.165, 1.54) is 12.1 Å². The molecule has 0 aliphatic heterocycles. The van der Waals surface area contributed by atoms with Crippen LogP contribution in [0.5, 0.6) is 5.75 Å². The van der Waals surface area contributed by atoms with Crippen LogP contribution in [0.25, 0.3) is 0 Å². The summed E-state index contributed by atoms with van der Waals surface area (Å²) in [6.07, 6.45) is 0. The van der Waals surface area contributed by atoms with E-state index in [9.17, 15) is 4.39 Å². The van der Waals surface area contributed by atoms with Crippen molar-refractivity contribution >= 4 is 33.2 Å². The molecule has 2 aromatic rings. The third-order valence-electron chi connectivity index (χ3n) is 2.43. The van der Waals surface area contributed by atoms with E-state index in [1.807, 2.05) is 24.3 Å². The van der Waals surface area contributed by atoms with Gasteiger partial charge >= 0.3 is 0 Å². The third-order valence-corrected chi connectivity index (χ3v) is 3.33. The Hall–Kier alpha value is -1.26. The highest BCUT2D eigenvalue weighted by Crippen LogP contribution is 2.25. The number of ether oxygens (including phenoxy) is 1. The number of hydrogen-bond acceptors (Lipinski definition) is 2. The van der Waals surface area contributed by atoms with Crippen molar-refractivity contribution in [1.82, 2.24) is 0 Å². The lowest BCUT2D eigenvalue weighted by atomic mass is 10.3. The molecule has 2 rings (SSSR count). The lowest BCUT2D eigenvalue weighted by Crippen LogP contribution is -2.11. The lowest BCUT2D eigenvalue weighted by Gasteiger charge is -2.10. The van der Waals surface area contributed by atoms with Crippen LogP contribution in [0.3, 0.4) is 0 Å². The minimum atomic E-state index is -0.316. The predicted molar refractivity (Wildman–Crippen MR) is 79.5 cm³/mol. The molecular formula is C14H12BrClFNO. The molecule has 0 radical (unpaired) electrons. The molecule has 0 fully saturated rings. The molecular weight excluding hydrogens is 333 g/mol. The van der Waals surface area contributed by atoms with Crippen molar-refractivity contribution in [3.63, 3.8) is 0 Å². The third kappa shape index (κ3) is 4.40. The molecule has 0 atom stereocenters. The van der Waals surface area contributed by atoms with Crippen molar-refractivity contribution in [2.45, 2.75) is 0 Å². The van der Waals surface area contributed by atoms with Crippen LogP contribution in [-0.2, 0) is 0 Å². The second-order valence-electron chi connectivity index (χ2n) is 3.86. The number of halogens is 3. The predicted octanol–water partition coefficient (Wildman–Crippen LogP) is 4.73. The molecule has 0 heterocycles. The molecule has 2 nitrogen and oxygen atoms in total. The van der Waals surface area contributed by atoms with E-state index in [1.54, 1.807) is 6.07 Å². The van der Waals surface area contributed by atoms with Crippen molar-refractivity contribution in [2.24, 2.45) is 0 Å². The molecule has 0 unspecified atom stereocenters. The van der Waals surface area contributed by atoms with Gasteiger partial charge in [0.2, 0.25) is 0 Å². The summed E-state index contributed by atoms with van der Waals surface area (Å²) in [7, 11) is 0. The number of benzene rings is 2. The summed E-state index contributed by atoms with van der Waals surface area (Å²) < 4.78 is 19.3. The van der Waals surface area contributed by atoms with Crippen molar-refractivity contribution in [3.05, 3.63) is 57.8 Å². The summed E-state index contributed by atoms with van der Waals surface area (Å²) in [6, 6.07) is 11.8. The SMILES string of the molecule is Fc1ccc(Br)c(OCCNc2ccc(Cl)cc2)c1. The molecule has 5 heteroatoms. The first kappa shape index (κ1) is 14.2. The van der Waals surface area contributed by atoms with E-state index in [-0.39, 0.29) is 5.82 Å². The standard InChI is InChI=1S/C14H12BrClFNO/c15-13-6-3-11(17)9-14(13)19-8-7-18-12-4-1-10(16)2-5-12/h1-6,9,18H,7-8H2. The van der Waals surface area contributed by atoms with E-state index in [4.69, 9.17) is 16.3 Å². The molecule has 0 aromatic heterocycles. The zero-order chi connectivity index (χ0) is 13.7.